The van der Waals surface area contributed by atoms with Crippen LogP contribution in [0.3, 0.4) is 0 Å². The molecule has 1 fully saturated rings. The molecule has 1 amide bonds. The van der Waals surface area contributed by atoms with E-state index in [2.05, 4.69) is 5.10 Å². The summed E-state index contributed by atoms with van der Waals surface area (Å²) < 4.78 is 14.7. The third-order valence-corrected chi connectivity index (χ3v) is 4.80. The summed E-state index contributed by atoms with van der Waals surface area (Å²) in [6.45, 7) is 5.30. The molecule has 2 atom stereocenters. The Bertz CT molecular complexity index is 723. The molecular formula is C18H23FN4O. The van der Waals surface area contributed by atoms with Gasteiger partial charge in [0.15, 0.2) is 0 Å². The van der Waals surface area contributed by atoms with Gasteiger partial charge in [0.25, 0.3) is 5.91 Å². The average Bonchev–Trinajstić information content (AvgIpc) is 2.96. The fourth-order valence-corrected chi connectivity index (χ4v) is 3.26. The first-order valence-electron chi connectivity index (χ1n) is 8.33. The summed E-state index contributed by atoms with van der Waals surface area (Å²) in [6, 6.07) is 6.16. The van der Waals surface area contributed by atoms with Crippen molar-refractivity contribution in [2.75, 3.05) is 13.1 Å². The highest BCUT2D eigenvalue weighted by Gasteiger charge is 2.28. The maximum Gasteiger partial charge on any atom is 0.257 e. The van der Waals surface area contributed by atoms with E-state index in [0.717, 1.165) is 30.8 Å². The van der Waals surface area contributed by atoms with Crippen LogP contribution in [0.4, 0.5) is 4.39 Å². The van der Waals surface area contributed by atoms with Crippen LogP contribution < -0.4 is 5.73 Å². The van der Waals surface area contributed by atoms with Gasteiger partial charge < -0.3 is 10.6 Å². The zero-order valence-electron chi connectivity index (χ0n) is 14.1. The second kappa shape index (κ2) is 6.73. The van der Waals surface area contributed by atoms with Gasteiger partial charge in [-0.15, -0.1) is 0 Å². The van der Waals surface area contributed by atoms with Crippen LogP contribution in [0, 0.1) is 18.7 Å². The number of piperidine rings is 1. The summed E-state index contributed by atoms with van der Waals surface area (Å²) in [5, 5.41) is 4.31. The van der Waals surface area contributed by atoms with Crippen LogP contribution in [0.15, 0.2) is 30.5 Å². The lowest BCUT2D eigenvalue weighted by atomic mass is 9.92. The van der Waals surface area contributed by atoms with Gasteiger partial charge in [0.05, 0.1) is 23.1 Å². The molecular weight excluding hydrogens is 307 g/mol. The first kappa shape index (κ1) is 16.6. The quantitative estimate of drug-likeness (QED) is 0.940. The predicted molar refractivity (Wildman–Crippen MR) is 90.5 cm³/mol. The van der Waals surface area contributed by atoms with Crippen molar-refractivity contribution < 1.29 is 9.18 Å². The number of nitrogens with two attached hydrogens (primary N) is 1. The third kappa shape index (κ3) is 3.19. The summed E-state index contributed by atoms with van der Waals surface area (Å²) >= 11 is 0. The summed E-state index contributed by atoms with van der Waals surface area (Å²) in [7, 11) is 0. The summed E-state index contributed by atoms with van der Waals surface area (Å²) in [5.41, 5.74) is 8.09. The molecule has 0 bridgehead atoms. The molecule has 2 N–H and O–H groups in total. The van der Waals surface area contributed by atoms with Gasteiger partial charge in [-0.1, -0.05) is 0 Å². The van der Waals surface area contributed by atoms with Crippen molar-refractivity contribution in [2.45, 2.75) is 32.7 Å². The van der Waals surface area contributed by atoms with Crippen LogP contribution in [0.25, 0.3) is 5.69 Å². The number of aromatic nitrogens is 2. The van der Waals surface area contributed by atoms with Crippen LogP contribution in [0.5, 0.6) is 0 Å². The van der Waals surface area contributed by atoms with E-state index in [-0.39, 0.29) is 17.8 Å². The molecule has 24 heavy (non-hydrogen) atoms. The van der Waals surface area contributed by atoms with Crippen molar-refractivity contribution in [3.8, 4) is 5.69 Å². The van der Waals surface area contributed by atoms with Gasteiger partial charge in [-0.2, -0.15) is 5.10 Å². The summed E-state index contributed by atoms with van der Waals surface area (Å²) in [6.07, 6.45) is 3.63. The molecule has 2 aromatic rings. The molecule has 0 spiro atoms. The van der Waals surface area contributed by atoms with Gasteiger partial charge in [0.2, 0.25) is 0 Å². The number of hydrogen-bond donors (Lipinski definition) is 1. The van der Waals surface area contributed by atoms with Gasteiger partial charge >= 0.3 is 0 Å². The SMILES string of the molecule is Cc1c(C(=O)N2CCCC(C(C)N)C2)cnn1-c1ccc(F)cc1. The van der Waals surface area contributed by atoms with E-state index in [1.54, 1.807) is 23.0 Å². The lowest BCUT2D eigenvalue weighted by Gasteiger charge is -2.34. The minimum Gasteiger partial charge on any atom is -0.338 e. The highest BCUT2D eigenvalue weighted by Crippen LogP contribution is 2.22. The number of hydrogen-bond acceptors (Lipinski definition) is 3. The van der Waals surface area contributed by atoms with Crippen LogP contribution in [-0.4, -0.2) is 39.7 Å². The van der Waals surface area contributed by atoms with E-state index in [1.165, 1.54) is 12.1 Å². The molecule has 1 aromatic heterocycles. The van der Waals surface area contributed by atoms with Crippen LogP contribution in [0.2, 0.25) is 0 Å². The Morgan fingerprint density at radius 2 is 2.08 bits per heavy atom. The van der Waals surface area contributed by atoms with Crippen LogP contribution >= 0.6 is 0 Å². The van der Waals surface area contributed by atoms with Crippen LogP contribution in [0.1, 0.15) is 35.8 Å². The van der Waals surface area contributed by atoms with Crippen molar-refractivity contribution in [1.29, 1.82) is 0 Å². The smallest absolute Gasteiger partial charge is 0.257 e. The fraction of sp³-hybridized carbons (Fsp3) is 0.444. The van der Waals surface area contributed by atoms with Crippen molar-refractivity contribution >= 4 is 5.91 Å². The summed E-state index contributed by atoms with van der Waals surface area (Å²) in [5.74, 6) is 0.0384. The van der Waals surface area contributed by atoms with E-state index in [1.807, 2.05) is 18.7 Å². The van der Waals surface area contributed by atoms with Gasteiger partial charge in [-0.25, -0.2) is 9.07 Å². The number of carbonyl (C=O) groups is 1. The standard InChI is InChI=1S/C18H23FN4O/c1-12(20)14-4-3-9-22(11-14)18(24)17-10-21-23(13(17)2)16-7-5-15(19)6-8-16/h5-8,10,12,14H,3-4,9,11,20H2,1-2H3. The predicted octanol–water partition coefficient (Wildman–Crippen LogP) is 2.52. The Kier molecular flexibility index (Phi) is 4.66. The average molecular weight is 330 g/mol. The first-order chi connectivity index (χ1) is 11.5. The fourth-order valence-electron chi connectivity index (χ4n) is 3.26. The molecule has 3 rings (SSSR count). The second-order valence-corrected chi connectivity index (χ2v) is 6.54. The minimum atomic E-state index is -0.296. The molecule has 1 saturated heterocycles. The second-order valence-electron chi connectivity index (χ2n) is 6.54. The molecule has 0 saturated carbocycles. The zero-order chi connectivity index (χ0) is 17.3. The lowest BCUT2D eigenvalue weighted by molar-refractivity contribution is 0.0660. The summed E-state index contributed by atoms with van der Waals surface area (Å²) in [4.78, 5) is 14.7. The van der Waals surface area contributed by atoms with E-state index >= 15 is 0 Å². The van der Waals surface area contributed by atoms with E-state index in [0.29, 0.717) is 18.0 Å². The number of carbonyl (C=O) groups excluding carboxylic acids is 1. The molecule has 2 heterocycles. The van der Waals surface area contributed by atoms with Gasteiger partial charge in [0, 0.05) is 19.1 Å². The topological polar surface area (TPSA) is 64.2 Å². The van der Waals surface area contributed by atoms with Crippen molar-refractivity contribution in [3.05, 3.63) is 47.5 Å². The van der Waals surface area contributed by atoms with E-state index < -0.39 is 0 Å². The maximum absolute atomic E-state index is 13.1. The third-order valence-electron chi connectivity index (χ3n) is 4.80. The molecule has 1 aliphatic rings. The molecule has 1 aliphatic heterocycles. The number of rotatable bonds is 3. The largest absolute Gasteiger partial charge is 0.338 e. The Balaban J connectivity index is 1.82. The zero-order valence-corrected chi connectivity index (χ0v) is 14.1. The Morgan fingerprint density at radius 1 is 1.38 bits per heavy atom. The van der Waals surface area contributed by atoms with E-state index in [9.17, 15) is 9.18 Å². The number of amides is 1. The Labute approximate surface area is 141 Å². The number of benzene rings is 1. The normalized spacial score (nSPS) is 19.3. The Morgan fingerprint density at radius 3 is 2.75 bits per heavy atom. The monoisotopic (exact) mass is 330 g/mol. The van der Waals surface area contributed by atoms with E-state index in [4.69, 9.17) is 5.73 Å². The highest BCUT2D eigenvalue weighted by atomic mass is 19.1. The van der Waals surface area contributed by atoms with Crippen molar-refractivity contribution in [1.82, 2.24) is 14.7 Å². The first-order valence-corrected chi connectivity index (χ1v) is 8.33. The minimum absolute atomic E-state index is 0.00814. The molecule has 2 unspecified atom stereocenters. The number of likely N-dealkylation sites (tertiary alicyclic amines) is 1. The molecule has 0 radical (unpaired) electrons. The molecule has 128 valence electrons. The maximum atomic E-state index is 13.1. The van der Waals surface area contributed by atoms with Gasteiger partial charge in [-0.05, 0) is 56.9 Å². The molecule has 0 aliphatic carbocycles. The molecule has 6 heteroatoms. The van der Waals surface area contributed by atoms with Crippen molar-refractivity contribution in [2.24, 2.45) is 11.7 Å². The van der Waals surface area contributed by atoms with Gasteiger partial charge in [0.1, 0.15) is 5.82 Å². The highest BCUT2D eigenvalue weighted by molar-refractivity contribution is 5.95. The Hall–Kier alpha value is -2.21. The van der Waals surface area contributed by atoms with Crippen molar-refractivity contribution in [3.63, 3.8) is 0 Å². The molecule has 5 nitrogen and oxygen atoms in total. The number of halogens is 1. The lowest BCUT2D eigenvalue weighted by Crippen LogP contribution is -2.45. The van der Waals surface area contributed by atoms with Gasteiger partial charge in [-0.3, -0.25) is 4.79 Å². The molecule has 1 aromatic carbocycles. The van der Waals surface area contributed by atoms with Crippen LogP contribution in [-0.2, 0) is 0 Å². The number of nitrogens with zero attached hydrogens (tertiary/aromatic N) is 3.